The number of hydrogen-bond acceptors (Lipinski definition) is 5. The Bertz CT molecular complexity index is 944. The number of ketones is 1. The zero-order chi connectivity index (χ0) is 21.1. The SMILES string of the molecule is Cc1ccc(C2C(=C(O)c3ccccc3)C(=O)C(=O)N2CCC[NH+]2CCOCC2)o1. The molecule has 30 heavy (non-hydrogen) atoms. The summed E-state index contributed by atoms with van der Waals surface area (Å²) in [4.78, 5) is 28.8. The Balaban J connectivity index is 1.63. The number of nitrogens with zero attached hydrogens (tertiary/aromatic N) is 1. The second-order valence-electron chi connectivity index (χ2n) is 7.77. The molecule has 1 aromatic carbocycles. The van der Waals surface area contributed by atoms with Crippen molar-refractivity contribution in [1.29, 1.82) is 0 Å². The van der Waals surface area contributed by atoms with E-state index in [1.807, 2.05) is 13.0 Å². The molecule has 158 valence electrons. The van der Waals surface area contributed by atoms with Crippen LogP contribution >= 0.6 is 0 Å². The minimum Gasteiger partial charge on any atom is -0.507 e. The van der Waals surface area contributed by atoms with Crippen LogP contribution in [-0.2, 0) is 14.3 Å². The third kappa shape index (κ3) is 4.04. The van der Waals surface area contributed by atoms with Gasteiger partial charge in [-0.3, -0.25) is 9.59 Å². The number of rotatable bonds is 6. The van der Waals surface area contributed by atoms with Crippen molar-refractivity contribution in [2.24, 2.45) is 0 Å². The Kier molecular flexibility index (Phi) is 6.01. The zero-order valence-corrected chi connectivity index (χ0v) is 17.1. The lowest BCUT2D eigenvalue weighted by molar-refractivity contribution is -0.908. The number of Topliss-reactive ketones (excluding diaryl/α,β-unsaturated/α-hetero) is 1. The number of quaternary nitrogens is 1. The molecule has 2 fully saturated rings. The number of likely N-dealkylation sites (tertiary alicyclic amines) is 1. The predicted molar refractivity (Wildman–Crippen MR) is 110 cm³/mol. The maximum absolute atomic E-state index is 12.9. The van der Waals surface area contributed by atoms with Crippen LogP contribution in [0.2, 0.25) is 0 Å². The number of hydrogen-bond donors (Lipinski definition) is 2. The van der Waals surface area contributed by atoms with Gasteiger partial charge in [0.15, 0.2) is 0 Å². The summed E-state index contributed by atoms with van der Waals surface area (Å²) in [6, 6.07) is 11.7. The second kappa shape index (κ2) is 8.85. The highest BCUT2D eigenvalue weighted by atomic mass is 16.5. The summed E-state index contributed by atoms with van der Waals surface area (Å²) in [5.74, 6) is -0.261. The van der Waals surface area contributed by atoms with Gasteiger partial charge in [-0.05, 0) is 19.1 Å². The molecule has 7 nitrogen and oxygen atoms in total. The first kappa shape index (κ1) is 20.4. The van der Waals surface area contributed by atoms with E-state index in [2.05, 4.69) is 0 Å². The molecule has 7 heteroatoms. The lowest BCUT2D eigenvalue weighted by Crippen LogP contribution is -3.14. The van der Waals surface area contributed by atoms with E-state index in [0.29, 0.717) is 23.6 Å². The molecule has 0 aliphatic carbocycles. The molecule has 1 atom stereocenters. The molecular weight excluding hydrogens is 384 g/mol. The first-order valence-corrected chi connectivity index (χ1v) is 10.4. The third-order valence-electron chi connectivity index (χ3n) is 5.75. The fraction of sp³-hybridized carbons (Fsp3) is 0.391. The predicted octanol–water partition coefficient (Wildman–Crippen LogP) is 1.31. The Morgan fingerprint density at radius 2 is 1.87 bits per heavy atom. The minimum atomic E-state index is -0.724. The molecule has 2 aliphatic heterocycles. The summed E-state index contributed by atoms with van der Waals surface area (Å²) in [6.45, 7) is 6.54. The standard InChI is InChI=1S/C23H26N2O5/c1-16-8-9-18(30-16)20-19(21(26)17-6-3-2-4-7-17)22(27)23(28)25(20)11-5-10-24-12-14-29-15-13-24/h2-4,6-9,20,26H,5,10-15H2,1H3/p+1. The Morgan fingerprint density at radius 1 is 1.13 bits per heavy atom. The number of ether oxygens (including phenoxy) is 1. The molecule has 1 unspecified atom stereocenters. The van der Waals surface area contributed by atoms with Gasteiger partial charge in [0, 0.05) is 18.5 Å². The highest BCUT2D eigenvalue weighted by Gasteiger charge is 2.47. The van der Waals surface area contributed by atoms with E-state index in [9.17, 15) is 14.7 Å². The first-order chi connectivity index (χ1) is 14.6. The van der Waals surface area contributed by atoms with Crippen molar-refractivity contribution in [3.8, 4) is 0 Å². The largest absolute Gasteiger partial charge is 0.507 e. The minimum absolute atomic E-state index is 0.0827. The molecule has 1 amide bonds. The lowest BCUT2D eigenvalue weighted by atomic mass is 9.99. The Labute approximate surface area is 175 Å². The van der Waals surface area contributed by atoms with Crippen LogP contribution in [0, 0.1) is 6.92 Å². The van der Waals surface area contributed by atoms with E-state index in [4.69, 9.17) is 9.15 Å². The molecule has 1 aromatic heterocycles. The van der Waals surface area contributed by atoms with Gasteiger partial charge in [0.1, 0.15) is 36.4 Å². The van der Waals surface area contributed by atoms with E-state index >= 15 is 0 Å². The van der Waals surface area contributed by atoms with Crippen molar-refractivity contribution >= 4 is 17.4 Å². The molecule has 3 heterocycles. The average Bonchev–Trinajstić information content (AvgIpc) is 3.31. The fourth-order valence-electron chi connectivity index (χ4n) is 4.17. The number of carbonyl (C=O) groups is 2. The summed E-state index contributed by atoms with van der Waals surface area (Å²) in [5.41, 5.74) is 0.584. The van der Waals surface area contributed by atoms with Crippen molar-refractivity contribution in [2.75, 3.05) is 39.4 Å². The highest BCUT2D eigenvalue weighted by molar-refractivity contribution is 6.46. The van der Waals surface area contributed by atoms with Crippen molar-refractivity contribution < 1.29 is 28.7 Å². The van der Waals surface area contributed by atoms with Gasteiger partial charge in [-0.1, -0.05) is 30.3 Å². The van der Waals surface area contributed by atoms with E-state index in [1.165, 1.54) is 9.80 Å². The number of carbonyl (C=O) groups excluding carboxylic acids is 2. The van der Waals surface area contributed by atoms with Gasteiger partial charge >= 0.3 is 0 Å². The van der Waals surface area contributed by atoms with Crippen molar-refractivity contribution in [1.82, 2.24) is 4.90 Å². The number of benzene rings is 1. The maximum atomic E-state index is 12.9. The molecule has 4 rings (SSSR count). The Morgan fingerprint density at radius 3 is 2.53 bits per heavy atom. The number of furan rings is 1. The fourth-order valence-corrected chi connectivity index (χ4v) is 4.17. The molecular formula is C23H27N2O5+. The summed E-state index contributed by atoms with van der Waals surface area (Å²) < 4.78 is 11.2. The summed E-state index contributed by atoms with van der Waals surface area (Å²) in [5, 5.41) is 10.9. The van der Waals surface area contributed by atoms with Crippen LogP contribution in [0.25, 0.3) is 5.76 Å². The summed E-state index contributed by atoms with van der Waals surface area (Å²) in [6.07, 6.45) is 0.754. The van der Waals surface area contributed by atoms with E-state index in [-0.39, 0.29) is 11.3 Å². The monoisotopic (exact) mass is 411 g/mol. The topological polar surface area (TPSA) is 84.4 Å². The van der Waals surface area contributed by atoms with Crippen LogP contribution in [0.4, 0.5) is 0 Å². The molecule has 2 saturated heterocycles. The van der Waals surface area contributed by atoms with E-state index < -0.39 is 17.7 Å². The normalized spacial score (nSPS) is 22.0. The quantitative estimate of drug-likeness (QED) is 0.426. The summed E-state index contributed by atoms with van der Waals surface area (Å²) in [7, 11) is 0. The summed E-state index contributed by atoms with van der Waals surface area (Å²) >= 11 is 0. The smallest absolute Gasteiger partial charge is 0.295 e. The van der Waals surface area contributed by atoms with Crippen molar-refractivity contribution in [3.05, 3.63) is 65.1 Å². The van der Waals surface area contributed by atoms with Crippen LogP contribution in [0.3, 0.4) is 0 Å². The lowest BCUT2D eigenvalue weighted by Gasteiger charge is -2.26. The van der Waals surface area contributed by atoms with Gasteiger partial charge in [0.25, 0.3) is 11.7 Å². The maximum Gasteiger partial charge on any atom is 0.295 e. The van der Waals surface area contributed by atoms with Gasteiger partial charge in [0.2, 0.25) is 0 Å². The number of morpholine rings is 1. The molecule has 2 aliphatic rings. The van der Waals surface area contributed by atoms with Gasteiger partial charge in [-0.15, -0.1) is 0 Å². The third-order valence-corrected chi connectivity index (χ3v) is 5.75. The van der Waals surface area contributed by atoms with Gasteiger partial charge in [0.05, 0.1) is 25.3 Å². The number of nitrogens with one attached hydrogen (secondary N) is 1. The number of aliphatic hydroxyl groups is 1. The van der Waals surface area contributed by atoms with Gasteiger partial charge in [-0.25, -0.2) is 0 Å². The second-order valence-corrected chi connectivity index (χ2v) is 7.77. The molecule has 0 bridgehead atoms. The average molecular weight is 411 g/mol. The zero-order valence-electron chi connectivity index (χ0n) is 17.1. The van der Waals surface area contributed by atoms with Gasteiger partial charge in [-0.2, -0.15) is 0 Å². The highest BCUT2D eigenvalue weighted by Crippen LogP contribution is 2.39. The molecule has 0 saturated carbocycles. The van der Waals surface area contributed by atoms with Crippen LogP contribution in [0.1, 0.15) is 29.5 Å². The molecule has 2 aromatic rings. The van der Waals surface area contributed by atoms with E-state index in [1.54, 1.807) is 36.4 Å². The number of aryl methyl sites for hydroxylation is 1. The number of aliphatic hydroxyl groups excluding tert-OH is 1. The van der Waals surface area contributed by atoms with E-state index in [0.717, 1.165) is 39.3 Å². The first-order valence-electron chi connectivity index (χ1n) is 10.4. The van der Waals surface area contributed by atoms with Crippen LogP contribution in [-0.4, -0.2) is 61.1 Å². The number of amides is 1. The van der Waals surface area contributed by atoms with Crippen LogP contribution < -0.4 is 4.90 Å². The molecule has 0 spiro atoms. The van der Waals surface area contributed by atoms with Crippen molar-refractivity contribution in [2.45, 2.75) is 19.4 Å². The van der Waals surface area contributed by atoms with Crippen LogP contribution in [0.5, 0.6) is 0 Å². The van der Waals surface area contributed by atoms with Gasteiger partial charge < -0.3 is 24.1 Å². The van der Waals surface area contributed by atoms with Crippen molar-refractivity contribution in [3.63, 3.8) is 0 Å². The van der Waals surface area contributed by atoms with Crippen LogP contribution in [0.15, 0.2) is 52.5 Å². The molecule has 0 radical (unpaired) electrons. The Hall–Kier alpha value is -2.90. The molecule has 2 N–H and O–H groups in total.